The topological polar surface area (TPSA) is 44.8 Å². The summed E-state index contributed by atoms with van der Waals surface area (Å²) in [4.78, 5) is 16.7. The van der Waals surface area contributed by atoms with E-state index in [0.717, 1.165) is 39.0 Å². The van der Waals surface area contributed by atoms with Gasteiger partial charge in [-0.1, -0.05) is 6.92 Å². The number of likely N-dealkylation sites (tertiary alicyclic amines) is 2. The number of amides is 1. The van der Waals surface area contributed by atoms with Gasteiger partial charge < -0.3 is 19.9 Å². The number of likely N-dealkylation sites (N-methyl/N-ethyl adjacent to an activating group) is 1. The molecule has 2 unspecified atom stereocenters. The third-order valence-electron chi connectivity index (χ3n) is 4.60. The molecule has 0 aromatic rings. The summed E-state index contributed by atoms with van der Waals surface area (Å²) in [6.07, 6.45) is 4.52. The Balaban J connectivity index is 1.80. The van der Waals surface area contributed by atoms with Gasteiger partial charge >= 0.3 is 6.09 Å². The molecule has 2 rings (SSSR count). The maximum Gasteiger partial charge on any atom is 0.410 e. The van der Waals surface area contributed by atoms with Crippen molar-refractivity contribution in [2.75, 3.05) is 32.7 Å². The van der Waals surface area contributed by atoms with Crippen LogP contribution in [0.4, 0.5) is 4.79 Å². The van der Waals surface area contributed by atoms with Crippen LogP contribution in [-0.2, 0) is 4.74 Å². The number of nitrogens with one attached hydrogen (secondary N) is 1. The van der Waals surface area contributed by atoms with E-state index in [1.807, 2.05) is 25.7 Å². The molecule has 0 radical (unpaired) electrons. The molecule has 2 aliphatic heterocycles. The Hall–Kier alpha value is -0.810. The van der Waals surface area contributed by atoms with Crippen molar-refractivity contribution >= 4 is 6.09 Å². The molecule has 5 nitrogen and oxygen atoms in total. The fourth-order valence-corrected chi connectivity index (χ4v) is 3.42. The van der Waals surface area contributed by atoms with Crippen LogP contribution in [0, 0.1) is 0 Å². The summed E-state index contributed by atoms with van der Waals surface area (Å²) >= 11 is 0. The molecule has 2 aliphatic rings. The highest BCUT2D eigenvalue weighted by atomic mass is 16.6. The molecule has 0 saturated carbocycles. The van der Waals surface area contributed by atoms with Crippen LogP contribution in [0.2, 0.25) is 0 Å². The van der Waals surface area contributed by atoms with Crippen LogP contribution >= 0.6 is 0 Å². The van der Waals surface area contributed by atoms with Gasteiger partial charge in [-0.25, -0.2) is 4.79 Å². The van der Waals surface area contributed by atoms with Gasteiger partial charge in [0.2, 0.25) is 0 Å². The maximum absolute atomic E-state index is 12.3. The molecule has 22 heavy (non-hydrogen) atoms. The summed E-state index contributed by atoms with van der Waals surface area (Å²) < 4.78 is 5.53. The number of hydrogen-bond donors (Lipinski definition) is 1. The van der Waals surface area contributed by atoms with Gasteiger partial charge in [0.1, 0.15) is 5.60 Å². The Labute approximate surface area is 135 Å². The molecule has 0 aromatic carbocycles. The first-order chi connectivity index (χ1) is 10.4. The number of rotatable bonds is 4. The van der Waals surface area contributed by atoms with Gasteiger partial charge in [0.15, 0.2) is 0 Å². The third kappa shape index (κ3) is 5.13. The molecule has 2 atom stereocenters. The van der Waals surface area contributed by atoms with Crippen molar-refractivity contribution in [3.8, 4) is 0 Å². The van der Waals surface area contributed by atoms with E-state index in [9.17, 15) is 4.79 Å². The van der Waals surface area contributed by atoms with Crippen molar-refractivity contribution in [3.05, 3.63) is 0 Å². The predicted molar refractivity (Wildman–Crippen MR) is 89.1 cm³/mol. The molecular formula is C17H33N3O2. The Morgan fingerprint density at radius 3 is 2.64 bits per heavy atom. The Kier molecular flexibility index (Phi) is 6.09. The van der Waals surface area contributed by atoms with Gasteiger partial charge in [0, 0.05) is 31.7 Å². The fourth-order valence-electron chi connectivity index (χ4n) is 3.42. The molecule has 2 fully saturated rings. The molecule has 0 bridgehead atoms. The van der Waals surface area contributed by atoms with Crippen LogP contribution in [0.1, 0.15) is 53.4 Å². The minimum atomic E-state index is -0.414. The highest BCUT2D eigenvalue weighted by molar-refractivity contribution is 5.69. The van der Waals surface area contributed by atoms with E-state index in [0.29, 0.717) is 6.04 Å². The van der Waals surface area contributed by atoms with E-state index in [4.69, 9.17) is 4.74 Å². The monoisotopic (exact) mass is 311 g/mol. The molecule has 0 spiro atoms. The van der Waals surface area contributed by atoms with Crippen molar-refractivity contribution in [2.24, 2.45) is 0 Å². The van der Waals surface area contributed by atoms with Gasteiger partial charge in [0.05, 0.1) is 0 Å². The lowest BCUT2D eigenvalue weighted by Gasteiger charge is -2.34. The van der Waals surface area contributed by atoms with E-state index in [-0.39, 0.29) is 12.1 Å². The quantitative estimate of drug-likeness (QED) is 0.866. The molecule has 0 aromatic heterocycles. The first-order valence-corrected chi connectivity index (χ1v) is 8.84. The lowest BCUT2D eigenvalue weighted by atomic mass is 10.1. The SMILES string of the molecule is CCN1CCCC(NCC2CCCN2C(=O)OC(C)(C)C)C1. The fraction of sp³-hybridized carbons (Fsp3) is 0.941. The number of nitrogens with zero attached hydrogens (tertiary/aromatic N) is 2. The summed E-state index contributed by atoms with van der Waals surface area (Å²) in [5, 5.41) is 3.68. The summed E-state index contributed by atoms with van der Waals surface area (Å²) in [5.74, 6) is 0. The van der Waals surface area contributed by atoms with Crippen molar-refractivity contribution in [3.63, 3.8) is 0 Å². The van der Waals surface area contributed by atoms with E-state index in [2.05, 4.69) is 17.1 Å². The highest BCUT2D eigenvalue weighted by Gasteiger charge is 2.32. The number of hydrogen-bond acceptors (Lipinski definition) is 4. The number of carbonyl (C=O) groups excluding carboxylic acids is 1. The zero-order chi connectivity index (χ0) is 16.2. The van der Waals surface area contributed by atoms with Crippen molar-refractivity contribution in [1.82, 2.24) is 15.1 Å². The minimum Gasteiger partial charge on any atom is -0.444 e. The van der Waals surface area contributed by atoms with Crippen LogP contribution in [0.15, 0.2) is 0 Å². The second-order valence-electron chi connectivity index (χ2n) is 7.61. The molecule has 0 aliphatic carbocycles. The van der Waals surface area contributed by atoms with Crippen molar-refractivity contribution in [2.45, 2.75) is 71.1 Å². The number of ether oxygens (including phenoxy) is 1. The second kappa shape index (κ2) is 7.64. The number of piperidine rings is 1. The highest BCUT2D eigenvalue weighted by Crippen LogP contribution is 2.21. The lowest BCUT2D eigenvalue weighted by molar-refractivity contribution is 0.0222. The number of carbonyl (C=O) groups is 1. The average molecular weight is 311 g/mol. The zero-order valence-electron chi connectivity index (χ0n) is 14.7. The summed E-state index contributed by atoms with van der Waals surface area (Å²) in [6.45, 7) is 13.2. The molecule has 1 amide bonds. The lowest BCUT2D eigenvalue weighted by Crippen LogP contribution is -2.50. The molecule has 1 N–H and O–H groups in total. The predicted octanol–water partition coefficient (Wildman–Crippen LogP) is 2.46. The summed E-state index contributed by atoms with van der Waals surface area (Å²) in [6, 6.07) is 0.849. The van der Waals surface area contributed by atoms with Crippen molar-refractivity contribution in [1.29, 1.82) is 0 Å². The van der Waals surface area contributed by atoms with Crippen LogP contribution < -0.4 is 5.32 Å². The van der Waals surface area contributed by atoms with E-state index >= 15 is 0 Å². The smallest absolute Gasteiger partial charge is 0.410 e. The standard InChI is InChI=1S/C17H33N3O2/c1-5-19-10-6-8-14(13-19)18-12-15-9-7-11-20(15)16(21)22-17(2,3)4/h14-15,18H,5-13H2,1-4H3. The summed E-state index contributed by atoms with van der Waals surface area (Å²) in [7, 11) is 0. The first kappa shape index (κ1) is 17.5. The first-order valence-electron chi connectivity index (χ1n) is 8.84. The Morgan fingerprint density at radius 1 is 1.23 bits per heavy atom. The van der Waals surface area contributed by atoms with E-state index < -0.39 is 5.60 Å². The second-order valence-corrected chi connectivity index (χ2v) is 7.61. The normalized spacial score (nSPS) is 27.2. The van der Waals surface area contributed by atoms with Crippen LogP contribution in [0.25, 0.3) is 0 Å². The van der Waals surface area contributed by atoms with Crippen LogP contribution in [0.5, 0.6) is 0 Å². The zero-order valence-corrected chi connectivity index (χ0v) is 14.7. The maximum atomic E-state index is 12.3. The molecule has 128 valence electrons. The molecule has 5 heteroatoms. The van der Waals surface area contributed by atoms with Gasteiger partial charge in [-0.2, -0.15) is 0 Å². The minimum absolute atomic E-state index is 0.157. The Bertz CT molecular complexity index is 367. The van der Waals surface area contributed by atoms with Crippen LogP contribution in [0.3, 0.4) is 0 Å². The van der Waals surface area contributed by atoms with Crippen LogP contribution in [-0.4, -0.2) is 66.3 Å². The molecular weight excluding hydrogens is 278 g/mol. The Morgan fingerprint density at radius 2 is 1.95 bits per heavy atom. The molecule has 2 saturated heterocycles. The average Bonchev–Trinajstić information content (AvgIpc) is 2.92. The molecule has 2 heterocycles. The van der Waals surface area contributed by atoms with Gasteiger partial charge in [-0.05, 0) is 59.5 Å². The van der Waals surface area contributed by atoms with Gasteiger partial charge in [0.25, 0.3) is 0 Å². The van der Waals surface area contributed by atoms with E-state index in [1.165, 1.54) is 19.4 Å². The largest absolute Gasteiger partial charge is 0.444 e. The van der Waals surface area contributed by atoms with Gasteiger partial charge in [-0.15, -0.1) is 0 Å². The van der Waals surface area contributed by atoms with E-state index in [1.54, 1.807) is 0 Å². The van der Waals surface area contributed by atoms with Gasteiger partial charge in [-0.3, -0.25) is 0 Å². The van der Waals surface area contributed by atoms with Crippen molar-refractivity contribution < 1.29 is 9.53 Å². The summed E-state index contributed by atoms with van der Waals surface area (Å²) in [5.41, 5.74) is -0.414. The third-order valence-corrected chi connectivity index (χ3v) is 4.60.